The van der Waals surface area contributed by atoms with Gasteiger partial charge in [0, 0.05) is 18.5 Å². The normalized spacial score (nSPS) is 16.3. The molecule has 5 nitrogen and oxygen atoms in total. The largest absolute Gasteiger partial charge is 0.441 e. The maximum atomic E-state index is 12.6. The summed E-state index contributed by atoms with van der Waals surface area (Å²) in [7, 11) is -3.51. The molecule has 1 saturated carbocycles. The standard InChI is InChI=1S/C16H20N2O3S/c1-11-7-8-13(15-10-17-12(2)21-15)9-16(11)22(19,20)18-14-5-3-4-6-14/h7-10,14,18H,3-6H2,1-2H3. The van der Waals surface area contributed by atoms with Gasteiger partial charge in [-0.2, -0.15) is 0 Å². The van der Waals surface area contributed by atoms with Crippen LogP contribution in [-0.2, 0) is 10.0 Å². The maximum Gasteiger partial charge on any atom is 0.241 e. The summed E-state index contributed by atoms with van der Waals surface area (Å²) in [6.45, 7) is 3.57. The van der Waals surface area contributed by atoms with E-state index in [1.54, 1.807) is 32.2 Å². The molecule has 1 aliphatic carbocycles. The molecule has 6 heteroatoms. The van der Waals surface area contributed by atoms with Crippen LogP contribution in [0.25, 0.3) is 11.3 Å². The third-order valence-corrected chi connectivity index (χ3v) is 5.72. The highest BCUT2D eigenvalue weighted by atomic mass is 32.2. The van der Waals surface area contributed by atoms with Crippen molar-refractivity contribution < 1.29 is 12.8 Å². The Morgan fingerprint density at radius 1 is 1.23 bits per heavy atom. The highest BCUT2D eigenvalue weighted by Crippen LogP contribution is 2.27. The van der Waals surface area contributed by atoms with Crippen LogP contribution in [0, 0.1) is 13.8 Å². The number of aromatic nitrogens is 1. The first-order chi connectivity index (χ1) is 10.5. The van der Waals surface area contributed by atoms with Gasteiger partial charge < -0.3 is 4.42 Å². The van der Waals surface area contributed by atoms with Gasteiger partial charge >= 0.3 is 0 Å². The quantitative estimate of drug-likeness (QED) is 0.939. The molecule has 2 aromatic rings. The highest BCUT2D eigenvalue weighted by Gasteiger charge is 2.24. The van der Waals surface area contributed by atoms with E-state index < -0.39 is 10.0 Å². The maximum absolute atomic E-state index is 12.6. The zero-order chi connectivity index (χ0) is 15.7. The summed E-state index contributed by atoms with van der Waals surface area (Å²) in [6.07, 6.45) is 5.62. The fourth-order valence-corrected chi connectivity index (χ4v) is 4.44. The van der Waals surface area contributed by atoms with Crippen molar-refractivity contribution in [3.63, 3.8) is 0 Å². The van der Waals surface area contributed by atoms with Crippen LogP contribution in [0.15, 0.2) is 33.7 Å². The van der Waals surface area contributed by atoms with Crippen LogP contribution in [0.5, 0.6) is 0 Å². The Bertz CT molecular complexity index is 774. The number of oxazole rings is 1. The van der Waals surface area contributed by atoms with E-state index >= 15 is 0 Å². The second-order valence-electron chi connectivity index (χ2n) is 5.83. The average Bonchev–Trinajstić information content (AvgIpc) is 3.10. The van der Waals surface area contributed by atoms with Gasteiger partial charge in [0.05, 0.1) is 11.1 Å². The third-order valence-electron chi connectivity index (χ3n) is 4.06. The van der Waals surface area contributed by atoms with E-state index in [0.29, 0.717) is 16.5 Å². The Labute approximate surface area is 130 Å². The minimum atomic E-state index is -3.51. The number of nitrogens with zero attached hydrogens (tertiary/aromatic N) is 1. The first-order valence-electron chi connectivity index (χ1n) is 7.51. The molecule has 1 aromatic heterocycles. The smallest absolute Gasteiger partial charge is 0.241 e. The minimum Gasteiger partial charge on any atom is -0.441 e. The summed E-state index contributed by atoms with van der Waals surface area (Å²) >= 11 is 0. The molecule has 0 radical (unpaired) electrons. The van der Waals surface area contributed by atoms with Gasteiger partial charge in [0.1, 0.15) is 0 Å². The lowest BCUT2D eigenvalue weighted by Gasteiger charge is -2.14. The van der Waals surface area contributed by atoms with Gasteiger partial charge in [0.2, 0.25) is 10.0 Å². The van der Waals surface area contributed by atoms with Crippen LogP contribution in [0.2, 0.25) is 0 Å². The predicted molar refractivity (Wildman–Crippen MR) is 84.0 cm³/mol. The Kier molecular flexibility index (Phi) is 4.06. The molecule has 22 heavy (non-hydrogen) atoms. The van der Waals surface area contributed by atoms with Crippen LogP contribution < -0.4 is 4.72 Å². The van der Waals surface area contributed by atoms with E-state index in [9.17, 15) is 8.42 Å². The molecule has 0 bridgehead atoms. The summed E-state index contributed by atoms with van der Waals surface area (Å²) < 4.78 is 33.6. The van der Waals surface area contributed by atoms with Gasteiger partial charge in [-0.05, 0) is 31.4 Å². The van der Waals surface area contributed by atoms with Gasteiger partial charge in [-0.15, -0.1) is 0 Å². The summed E-state index contributed by atoms with van der Waals surface area (Å²) in [6, 6.07) is 5.37. The van der Waals surface area contributed by atoms with Crippen LogP contribution >= 0.6 is 0 Å². The Morgan fingerprint density at radius 3 is 2.59 bits per heavy atom. The van der Waals surface area contributed by atoms with E-state index in [4.69, 9.17) is 4.42 Å². The molecule has 0 atom stereocenters. The number of sulfonamides is 1. The number of hydrogen-bond donors (Lipinski definition) is 1. The van der Waals surface area contributed by atoms with Crippen molar-refractivity contribution in [2.75, 3.05) is 0 Å². The molecule has 0 saturated heterocycles. The van der Waals surface area contributed by atoms with Crippen LogP contribution in [-0.4, -0.2) is 19.4 Å². The summed E-state index contributed by atoms with van der Waals surface area (Å²) in [5.74, 6) is 1.14. The Morgan fingerprint density at radius 2 is 1.95 bits per heavy atom. The van der Waals surface area contributed by atoms with Gasteiger partial charge in [0.15, 0.2) is 11.7 Å². The third kappa shape index (κ3) is 3.08. The number of nitrogens with one attached hydrogen (secondary N) is 1. The second kappa shape index (κ2) is 5.85. The Hall–Kier alpha value is -1.66. The topological polar surface area (TPSA) is 72.2 Å². The first-order valence-corrected chi connectivity index (χ1v) is 9.00. The number of benzene rings is 1. The van der Waals surface area contributed by atoms with Gasteiger partial charge in [0.25, 0.3) is 0 Å². The van der Waals surface area contributed by atoms with E-state index in [1.165, 1.54) is 0 Å². The molecular formula is C16H20N2O3S. The molecule has 1 fully saturated rings. The lowest BCUT2D eigenvalue weighted by molar-refractivity contribution is 0.534. The van der Waals surface area contributed by atoms with Crippen LogP contribution in [0.4, 0.5) is 0 Å². The molecule has 0 aliphatic heterocycles. The zero-order valence-corrected chi connectivity index (χ0v) is 13.6. The van der Waals surface area contributed by atoms with E-state index in [-0.39, 0.29) is 6.04 Å². The van der Waals surface area contributed by atoms with Gasteiger partial charge in [-0.3, -0.25) is 0 Å². The van der Waals surface area contributed by atoms with Crippen molar-refractivity contribution in [2.24, 2.45) is 0 Å². The monoisotopic (exact) mass is 320 g/mol. The van der Waals surface area contributed by atoms with Gasteiger partial charge in [-0.25, -0.2) is 18.1 Å². The SMILES string of the molecule is Cc1ncc(-c2ccc(C)c(S(=O)(=O)NC3CCCC3)c2)o1. The molecule has 118 valence electrons. The minimum absolute atomic E-state index is 0.0561. The van der Waals surface area contributed by atoms with Gasteiger partial charge in [-0.1, -0.05) is 25.0 Å². The molecule has 1 aliphatic rings. The van der Waals surface area contributed by atoms with Crippen LogP contribution in [0.1, 0.15) is 37.1 Å². The zero-order valence-electron chi connectivity index (χ0n) is 12.8. The summed E-state index contributed by atoms with van der Waals surface area (Å²) in [5.41, 5.74) is 1.45. The van der Waals surface area contributed by atoms with Crippen molar-refractivity contribution in [3.05, 3.63) is 35.9 Å². The number of aryl methyl sites for hydroxylation is 2. The molecule has 0 spiro atoms. The lowest BCUT2D eigenvalue weighted by Crippen LogP contribution is -2.33. The van der Waals surface area contributed by atoms with Crippen molar-refractivity contribution in [2.45, 2.75) is 50.5 Å². The van der Waals surface area contributed by atoms with Crippen molar-refractivity contribution in [1.29, 1.82) is 0 Å². The number of rotatable bonds is 4. The predicted octanol–water partition coefficient (Wildman–Crippen LogP) is 3.18. The van der Waals surface area contributed by atoms with Crippen molar-refractivity contribution in [1.82, 2.24) is 9.71 Å². The average molecular weight is 320 g/mol. The highest BCUT2D eigenvalue weighted by molar-refractivity contribution is 7.89. The summed E-state index contributed by atoms with van der Waals surface area (Å²) in [5, 5.41) is 0. The number of hydrogen-bond acceptors (Lipinski definition) is 4. The molecule has 1 N–H and O–H groups in total. The fourth-order valence-electron chi connectivity index (χ4n) is 2.86. The summed E-state index contributed by atoms with van der Waals surface area (Å²) in [4.78, 5) is 4.37. The first kappa shape index (κ1) is 15.2. The van der Waals surface area contributed by atoms with Crippen molar-refractivity contribution in [3.8, 4) is 11.3 Å². The van der Waals surface area contributed by atoms with Crippen LogP contribution in [0.3, 0.4) is 0 Å². The molecular weight excluding hydrogens is 300 g/mol. The molecule has 1 aromatic carbocycles. The fraction of sp³-hybridized carbons (Fsp3) is 0.438. The molecule has 0 amide bonds. The Balaban J connectivity index is 1.95. The molecule has 3 rings (SSSR count). The van der Waals surface area contributed by atoms with Crippen molar-refractivity contribution >= 4 is 10.0 Å². The van der Waals surface area contributed by atoms with E-state index in [0.717, 1.165) is 36.8 Å². The second-order valence-corrected chi connectivity index (χ2v) is 7.51. The van der Waals surface area contributed by atoms with E-state index in [2.05, 4.69) is 9.71 Å². The lowest BCUT2D eigenvalue weighted by atomic mass is 10.1. The van der Waals surface area contributed by atoms with E-state index in [1.807, 2.05) is 6.07 Å². The molecule has 0 unspecified atom stereocenters. The molecule has 1 heterocycles.